The maximum atomic E-state index is 6.31. The normalized spacial score (nSPS) is 11.4. The Labute approximate surface area is 136 Å². The van der Waals surface area contributed by atoms with Gasteiger partial charge in [-0.1, -0.05) is 58.2 Å². The van der Waals surface area contributed by atoms with Crippen molar-refractivity contribution in [3.05, 3.63) is 58.2 Å². The molecule has 0 fully saturated rings. The molecule has 0 aliphatic rings. The van der Waals surface area contributed by atoms with Crippen molar-refractivity contribution in [3.63, 3.8) is 0 Å². The number of hydrogen-bond acceptors (Lipinski definition) is 3. The predicted octanol–water partition coefficient (Wildman–Crippen LogP) is 4.56. The third kappa shape index (κ3) is 2.03. The Bertz CT molecular complexity index is 1010. The van der Waals surface area contributed by atoms with Crippen LogP contribution in [0.3, 0.4) is 0 Å². The van der Waals surface area contributed by atoms with Crippen molar-refractivity contribution in [1.29, 1.82) is 0 Å². The van der Waals surface area contributed by atoms with E-state index in [-0.39, 0.29) is 0 Å². The standard InChI is InChI=1S/C16H10Cl2N4/c1-9-2-4-10(5-3-9)14-16-19-15(18)12-8-11(17)6-7-13(12)22(16)21-20-14/h2-8H,1H3. The van der Waals surface area contributed by atoms with Crippen LogP contribution >= 0.6 is 23.2 Å². The number of nitrogens with zero attached hydrogens (tertiary/aromatic N) is 4. The van der Waals surface area contributed by atoms with E-state index >= 15 is 0 Å². The molecule has 0 radical (unpaired) electrons. The Balaban J connectivity index is 2.05. The molecule has 0 aliphatic heterocycles. The summed E-state index contributed by atoms with van der Waals surface area (Å²) < 4.78 is 1.69. The molecule has 4 rings (SSSR count). The zero-order valence-electron chi connectivity index (χ0n) is 11.6. The van der Waals surface area contributed by atoms with E-state index in [1.807, 2.05) is 37.3 Å². The lowest BCUT2D eigenvalue weighted by atomic mass is 10.1. The van der Waals surface area contributed by atoms with Crippen LogP contribution in [0, 0.1) is 6.92 Å². The molecule has 4 nitrogen and oxygen atoms in total. The largest absolute Gasteiger partial charge is 0.214 e. The third-order valence-corrected chi connectivity index (χ3v) is 4.11. The van der Waals surface area contributed by atoms with Gasteiger partial charge in [0.1, 0.15) is 10.8 Å². The van der Waals surface area contributed by atoms with Crippen LogP contribution in [0.1, 0.15) is 5.56 Å². The van der Waals surface area contributed by atoms with Crippen LogP contribution in [-0.4, -0.2) is 19.8 Å². The summed E-state index contributed by atoms with van der Waals surface area (Å²) >= 11 is 12.3. The van der Waals surface area contributed by atoms with Crippen LogP contribution < -0.4 is 0 Å². The molecule has 0 aliphatic carbocycles. The first-order valence-electron chi connectivity index (χ1n) is 6.71. The summed E-state index contributed by atoms with van der Waals surface area (Å²) in [6, 6.07) is 13.5. The van der Waals surface area contributed by atoms with Gasteiger partial charge in [0.15, 0.2) is 5.65 Å². The highest BCUT2D eigenvalue weighted by Gasteiger charge is 2.15. The molecule has 0 saturated carbocycles. The Morgan fingerprint density at radius 1 is 1.00 bits per heavy atom. The van der Waals surface area contributed by atoms with Crippen LogP contribution in [0.15, 0.2) is 42.5 Å². The SMILES string of the molecule is Cc1ccc(-c2nnn3c2nc(Cl)c2cc(Cl)ccc23)cc1. The molecule has 0 bridgehead atoms. The van der Waals surface area contributed by atoms with Gasteiger partial charge in [0.05, 0.1) is 5.52 Å². The van der Waals surface area contributed by atoms with Gasteiger partial charge in [0.2, 0.25) is 0 Å². The van der Waals surface area contributed by atoms with Crippen molar-refractivity contribution in [2.75, 3.05) is 0 Å². The van der Waals surface area contributed by atoms with Crippen molar-refractivity contribution in [2.24, 2.45) is 0 Å². The molecule has 4 aromatic rings. The average molecular weight is 329 g/mol. The van der Waals surface area contributed by atoms with Gasteiger partial charge in [-0.05, 0) is 25.1 Å². The van der Waals surface area contributed by atoms with E-state index in [2.05, 4.69) is 15.3 Å². The Morgan fingerprint density at radius 3 is 2.55 bits per heavy atom. The predicted molar refractivity (Wildman–Crippen MR) is 88.5 cm³/mol. The number of benzene rings is 2. The number of rotatable bonds is 1. The molecule has 2 aromatic carbocycles. The van der Waals surface area contributed by atoms with Crippen LogP contribution in [-0.2, 0) is 0 Å². The average Bonchev–Trinajstić information content (AvgIpc) is 2.92. The molecule has 0 amide bonds. The minimum Gasteiger partial charge on any atom is -0.214 e. The van der Waals surface area contributed by atoms with Gasteiger partial charge in [-0.2, -0.15) is 4.52 Å². The molecule has 0 unspecified atom stereocenters. The Morgan fingerprint density at radius 2 is 1.77 bits per heavy atom. The summed E-state index contributed by atoms with van der Waals surface area (Å²) in [5.41, 5.74) is 4.30. The van der Waals surface area contributed by atoms with Crippen LogP contribution in [0.5, 0.6) is 0 Å². The second-order valence-corrected chi connectivity index (χ2v) is 5.90. The number of fused-ring (bicyclic) bond motifs is 3. The van der Waals surface area contributed by atoms with E-state index in [4.69, 9.17) is 23.2 Å². The van der Waals surface area contributed by atoms with Gasteiger partial charge >= 0.3 is 0 Å². The van der Waals surface area contributed by atoms with E-state index in [1.54, 1.807) is 16.6 Å². The summed E-state index contributed by atoms with van der Waals surface area (Å²) in [6.07, 6.45) is 0. The summed E-state index contributed by atoms with van der Waals surface area (Å²) in [4.78, 5) is 4.45. The van der Waals surface area contributed by atoms with Crippen LogP contribution in [0.2, 0.25) is 10.2 Å². The first kappa shape index (κ1) is 13.5. The van der Waals surface area contributed by atoms with Crippen molar-refractivity contribution in [2.45, 2.75) is 6.92 Å². The monoisotopic (exact) mass is 328 g/mol. The lowest BCUT2D eigenvalue weighted by Crippen LogP contribution is -1.94. The van der Waals surface area contributed by atoms with Gasteiger partial charge in [-0.3, -0.25) is 0 Å². The second-order valence-electron chi connectivity index (χ2n) is 5.10. The molecular formula is C16H10Cl2N4. The molecule has 0 atom stereocenters. The van der Waals surface area contributed by atoms with Gasteiger partial charge in [0, 0.05) is 16.0 Å². The van der Waals surface area contributed by atoms with Gasteiger partial charge < -0.3 is 0 Å². The molecule has 0 spiro atoms. The highest BCUT2D eigenvalue weighted by molar-refractivity contribution is 6.36. The molecule has 6 heteroatoms. The smallest absolute Gasteiger partial charge is 0.185 e. The van der Waals surface area contributed by atoms with Crippen molar-refractivity contribution in [1.82, 2.24) is 19.8 Å². The zero-order chi connectivity index (χ0) is 15.3. The topological polar surface area (TPSA) is 43.1 Å². The van der Waals surface area contributed by atoms with E-state index in [0.29, 0.717) is 21.5 Å². The minimum atomic E-state index is 0.390. The summed E-state index contributed by atoms with van der Waals surface area (Å²) in [5.74, 6) is 0. The Hall–Kier alpha value is -2.17. The quantitative estimate of drug-likeness (QED) is 0.481. The van der Waals surface area contributed by atoms with Crippen molar-refractivity contribution in [3.8, 4) is 11.3 Å². The Kier molecular flexibility index (Phi) is 3.03. The fraction of sp³-hybridized carbons (Fsp3) is 0.0625. The highest BCUT2D eigenvalue weighted by Crippen LogP contribution is 2.29. The number of halogens is 2. The zero-order valence-corrected chi connectivity index (χ0v) is 13.1. The fourth-order valence-electron chi connectivity index (χ4n) is 2.45. The maximum absolute atomic E-state index is 6.31. The maximum Gasteiger partial charge on any atom is 0.185 e. The van der Waals surface area contributed by atoms with Gasteiger partial charge in [-0.15, -0.1) is 5.10 Å². The van der Waals surface area contributed by atoms with E-state index in [1.165, 1.54) is 5.56 Å². The first-order chi connectivity index (χ1) is 10.6. The van der Waals surface area contributed by atoms with Crippen molar-refractivity contribution >= 4 is 39.8 Å². The molecule has 2 heterocycles. The molecular weight excluding hydrogens is 319 g/mol. The molecule has 22 heavy (non-hydrogen) atoms. The molecule has 0 N–H and O–H groups in total. The number of aromatic nitrogens is 4. The second kappa shape index (κ2) is 4.93. The lowest BCUT2D eigenvalue weighted by molar-refractivity contribution is 0.877. The van der Waals surface area contributed by atoms with E-state index in [9.17, 15) is 0 Å². The highest BCUT2D eigenvalue weighted by atomic mass is 35.5. The molecule has 2 aromatic heterocycles. The van der Waals surface area contributed by atoms with Crippen LogP contribution in [0.4, 0.5) is 0 Å². The van der Waals surface area contributed by atoms with Crippen molar-refractivity contribution < 1.29 is 0 Å². The minimum absolute atomic E-state index is 0.390. The van der Waals surface area contributed by atoms with E-state index in [0.717, 1.165) is 16.5 Å². The van der Waals surface area contributed by atoms with E-state index < -0.39 is 0 Å². The third-order valence-electron chi connectivity index (χ3n) is 3.58. The molecule has 108 valence electrons. The number of hydrogen-bond donors (Lipinski definition) is 0. The van der Waals surface area contributed by atoms with Crippen LogP contribution in [0.25, 0.3) is 27.8 Å². The van der Waals surface area contributed by atoms with Gasteiger partial charge in [0.25, 0.3) is 0 Å². The number of aryl methyl sites for hydroxylation is 1. The summed E-state index contributed by atoms with van der Waals surface area (Å²) in [7, 11) is 0. The van der Waals surface area contributed by atoms with Gasteiger partial charge in [-0.25, -0.2) is 4.98 Å². The molecule has 0 saturated heterocycles. The first-order valence-corrected chi connectivity index (χ1v) is 7.46. The lowest BCUT2D eigenvalue weighted by Gasteiger charge is -2.04. The summed E-state index contributed by atoms with van der Waals surface area (Å²) in [6.45, 7) is 2.04. The summed E-state index contributed by atoms with van der Waals surface area (Å²) in [5, 5.41) is 10.2. The fourth-order valence-corrected chi connectivity index (χ4v) is 2.85.